The lowest BCUT2D eigenvalue weighted by Crippen LogP contribution is -2.08. The van der Waals surface area contributed by atoms with Crippen LogP contribution in [-0.2, 0) is 17.8 Å². The van der Waals surface area contributed by atoms with Gasteiger partial charge in [-0.3, -0.25) is 4.39 Å². The fourth-order valence-corrected chi connectivity index (χ4v) is 2.66. The van der Waals surface area contributed by atoms with Crippen LogP contribution in [0.1, 0.15) is 11.1 Å². The Morgan fingerprint density at radius 1 is 1.00 bits per heavy atom. The molecule has 2 aromatic carbocycles. The van der Waals surface area contributed by atoms with E-state index >= 15 is 0 Å². The summed E-state index contributed by atoms with van der Waals surface area (Å²) in [6.45, 7) is 0.587. The molecule has 0 aliphatic carbocycles. The zero-order chi connectivity index (χ0) is 17.4. The molecule has 0 unspecified atom stereocenters. The number of ether oxygens (including phenoxy) is 3. The number of halogens is 3. The van der Waals surface area contributed by atoms with Gasteiger partial charge in [0.1, 0.15) is 6.61 Å². The minimum Gasteiger partial charge on any atom is -0.493 e. The number of rotatable bonds is 9. The first-order valence-corrected chi connectivity index (χ1v) is 8.27. The number of alkyl halides is 1. The Morgan fingerprint density at radius 2 is 1.75 bits per heavy atom. The van der Waals surface area contributed by atoms with E-state index < -0.39 is 6.67 Å². The molecule has 0 aliphatic heterocycles. The van der Waals surface area contributed by atoms with Crippen molar-refractivity contribution in [3.63, 3.8) is 0 Å². The van der Waals surface area contributed by atoms with Gasteiger partial charge < -0.3 is 14.2 Å². The number of aryl methyl sites for hydroxylation is 1. The van der Waals surface area contributed by atoms with Crippen LogP contribution in [0.3, 0.4) is 0 Å². The van der Waals surface area contributed by atoms with Gasteiger partial charge in [0.25, 0.3) is 0 Å². The van der Waals surface area contributed by atoms with Gasteiger partial charge in [0.15, 0.2) is 11.5 Å². The van der Waals surface area contributed by atoms with Gasteiger partial charge in [-0.05, 0) is 29.8 Å². The fourth-order valence-electron chi connectivity index (χ4n) is 2.15. The van der Waals surface area contributed by atoms with Crippen LogP contribution in [0.15, 0.2) is 36.4 Å². The van der Waals surface area contributed by atoms with Gasteiger partial charge in [-0.2, -0.15) is 0 Å². The molecule has 3 nitrogen and oxygen atoms in total. The maximum atomic E-state index is 12.5. The summed E-state index contributed by atoms with van der Waals surface area (Å²) < 4.78 is 28.9. The molecular weight excluding hydrogens is 354 g/mol. The summed E-state index contributed by atoms with van der Waals surface area (Å²) in [5.41, 5.74) is 1.61. The minimum absolute atomic E-state index is 0.306. The lowest BCUT2D eigenvalue weighted by atomic mass is 10.1. The van der Waals surface area contributed by atoms with Gasteiger partial charge in [-0.1, -0.05) is 35.3 Å². The third-order valence-corrected chi connectivity index (χ3v) is 4.11. The molecule has 0 radical (unpaired) electrons. The van der Waals surface area contributed by atoms with Gasteiger partial charge in [0.05, 0.1) is 27.0 Å². The van der Waals surface area contributed by atoms with Crippen LogP contribution in [0.2, 0.25) is 10.0 Å². The van der Waals surface area contributed by atoms with Gasteiger partial charge in [0.2, 0.25) is 0 Å². The predicted octanol–water partition coefficient (Wildman–Crippen LogP) is 5.11. The van der Waals surface area contributed by atoms with E-state index in [1.807, 2.05) is 6.07 Å². The number of methoxy groups -OCH3 is 1. The normalized spacial score (nSPS) is 10.7. The minimum atomic E-state index is -0.409. The Kier molecular flexibility index (Phi) is 7.63. The van der Waals surface area contributed by atoms with Crippen LogP contribution in [-0.4, -0.2) is 27.0 Å². The van der Waals surface area contributed by atoms with Crippen molar-refractivity contribution in [1.82, 2.24) is 0 Å². The number of hydrogen-bond donors (Lipinski definition) is 0. The molecule has 6 heteroatoms. The maximum absolute atomic E-state index is 12.5. The molecule has 0 saturated carbocycles. The van der Waals surface area contributed by atoms with Crippen molar-refractivity contribution in [2.24, 2.45) is 0 Å². The van der Waals surface area contributed by atoms with E-state index in [1.54, 1.807) is 37.4 Å². The highest BCUT2D eigenvalue weighted by atomic mass is 35.5. The van der Waals surface area contributed by atoms with Crippen LogP contribution in [0.5, 0.6) is 11.5 Å². The van der Waals surface area contributed by atoms with Crippen molar-refractivity contribution in [3.8, 4) is 11.5 Å². The summed E-state index contributed by atoms with van der Waals surface area (Å²) in [6, 6.07) is 10.7. The van der Waals surface area contributed by atoms with Crippen molar-refractivity contribution in [1.29, 1.82) is 0 Å². The van der Waals surface area contributed by atoms with Crippen molar-refractivity contribution in [2.45, 2.75) is 13.0 Å². The van der Waals surface area contributed by atoms with E-state index in [-0.39, 0.29) is 0 Å². The topological polar surface area (TPSA) is 27.7 Å². The lowest BCUT2D eigenvalue weighted by molar-refractivity contribution is 0.0880. The third-order valence-electron chi connectivity index (χ3n) is 3.40. The van der Waals surface area contributed by atoms with Gasteiger partial charge in [-0.25, -0.2) is 0 Å². The Morgan fingerprint density at radius 3 is 2.42 bits per heavy atom. The smallest absolute Gasteiger partial charge is 0.161 e. The first-order valence-electron chi connectivity index (χ1n) is 7.52. The summed E-state index contributed by atoms with van der Waals surface area (Å²) in [5, 5.41) is 1.15. The van der Waals surface area contributed by atoms with Crippen LogP contribution >= 0.6 is 23.2 Å². The predicted molar refractivity (Wildman–Crippen MR) is 94.3 cm³/mol. The summed E-state index contributed by atoms with van der Waals surface area (Å²) in [7, 11) is 1.56. The van der Waals surface area contributed by atoms with Crippen molar-refractivity contribution < 1.29 is 18.6 Å². The second kappa shape index (κ2) is 9.72. The summed E-state index contributed by atoms with van der Waals surface area (Å²) >= 11 is 12.2. The molecule has 0 heterocycles. The molecule has 130 valence electrons. The highest BCUT2D eigenvalue weighted by Crippen LogP contribution is 2.28. The molecule has 24 heavy (non-hydrogen) atoms. The Hall–Kier alpha value is -1.49. The van der Waals surface area contributed by atoms with E-state index in [0.717, 1.165) is 11.1 Å². The van der Waals surface area contributed by atoms with Crippen LogP contribution in [0.4, 0.5) is 4.39 Å². The second-order valence-electron chi connectivity index (χ2n) is 5.03. The molecule has 0 bridgehead atoms. The molecule has 0 aliphatic rings. The molecule has 0 atom stereocenters. The highest BCUT2D eigenvalue weighted by Gasteiger charge is 2.07. The molecule has 0 amide bonds. The van der Waals surface area contributed by atoms with E-state index in [1.165, 1.54) is 0 Å². The van der Waals surface area contributed by atoms with E-state index in [0.29, 0.717) is 47.8 Å². The van der Waals surface area contributed by atoms with Crippen molar-refractivity contribution >= 4 is 23.2 Å². The zero-order valence-corrected chi connectivity index (χ0v) is 14.9. The van der Waals surface area contributed by atoms with Crippen LogP contribution < -0.4 is 9.47 Å². The standard InChI is InChI=1S/C18H19Cl2FO3/c1-22-17-6-5-13(7-8-21)11-18(17)24-10-9-23-12-14-15(19)3-2-4-16(14)20/h2-6,11H,7-10,12H2,1H3. The zero-order valence-electron chi connectivity index (χ0n) is 13.4. The lowest BCUT2D eigenvalue weighted by Gasteiger charge is -2.13. The molecular formula is C18H19Cl2FO3. The van der Waals surface area contributed by atoms with E-state index in [9.17, 15) is 4.39 Å². The number of benzene rings is 2. The molecule has 2 rings (SSSR count). The van der Waals surface area contributed by atoms with Gasteiger partial charge in [0, 0.05) is 22.0 Å². The van der Waals surface area contributed by atoms with Crippen LogP contribution in [0.25, 0.3) is 0 Å². The Balaban J connectivity index is 1.84. The first kappa shape index (κ1) is 18.8. The number of hydrogen-bond acceptors (Lipinski definition) is 3. The second-order valence-corrected chi connectivity index (χ2v) is 5.84. The average Bonchev–Trinajstić information content (AvgIpc) is 2.57. The molecule has 2 aromatic rings. The van der Waals surface area contributed by atoms with E-state index in [2.05, 4.69) is 0 Å². The Labute approximate surface area is 151 Å². The average molecular weight is 373 g/mol. The maximum Gasteiger partial charge on any atom is 0.161 e. The van der Waals surface area contributed by atoms with Gasteiger partial charge in [-0.15, -0.1) is 0 Å². The SMILES string of the molecule is COc1ccc(CCF)cc1OCCOCc1c(Cl)cccc1Cl. The molecule has 0 saturated heterocycles. The summed E-state index contributed by atoms with van der Waals surface area (Å²) in [5.74, 6) is 1.18. The Bertz CT molecular complexity index is 644. The highest BCUT2D eigenvalue weighted by molar-refractivity contribution is 6.35. The third kappa shape index (κ3) is 5.26. The largest absolute Gasteiger partial charge is 0.493 e. The van der Waals surface area contributed by atoms with Crippen molar-refractivity contribution in [3.05, 3.63) is 57.6 Å². The fraction of sp³-hybridized carbons (Fsp3) is 0.333. The molecule has 0 fully saturated rings. The van der Waals surface area contributed by atoms with Crippen molar-refractivity contribution in [2.75, 3.05) is 27.0 Å². The molecule has 0 aromatic heterocycles. The summed E-state index contributed by atoms with van der Waals surface area (Å²) in [4.78, 5) is 0. The monoisotopic (exact) mass is 372 g/mol. The first-order chi connectivity index (χ1) is 11.7. The summed E-state index contributed by atoms with van der Waals surface area (Å²) in [6.07, 6.45) is 0.349. The van der Waals surface area contributed by atoms with E-state index in [4.69, 9.17) is 37.4 Å². The molecule has 0 N–H and O–H groups in total. The van der Waals surface area contributed by atoms with Crippen LogP contribution in [0, 0.1) is 0 Å². The quantitative estimate of drug-likeness (QED) is 0.572. The molecule has 0 spiro atoms. The van der Waals surface area contributed by atoms with Gasteiger partial charge >= 0.3 is 0 Å².